The molecule has 1 aliphatic rings. The molecular weight excluding hydrogens is 246 g/mol. The molecule has 0 bridgehead atoms. The third-order valence-electron chi connectivity index (χ3n) is 3.74. The van der Waals surface area contributed by atoms with Gasteiger partial charge in [-0.15, -0.1) is 0 Å². The lowest BCUT2D eigenvalue weighted by molar-refractivity contribution is 0.774. The third-order valence-corrected chi connectivity index (χ3v) is 3.74. The van der Waals surface area contributed by atoms with Crippen molar-refractivity contribution in [3.63, 3.8) is 0 Å². The quantitative estimate of drug-likeness (QED) is 0.871. The Kier molecular flexibility index (Phi) is 3.86. The Bertz CT molecular complexity index is 555. The fraction of sp³-hybridized carbons (Fsp3) is 0.353. The molecule has 2 N–H and O–H groups in total. The molecular formula is C17H21N3. The lowest BCUT2D eigenvalue weighted by Gasteiger charge is -2.14. The molecule has 1 heterocycles. The molecule has 20 heavy (non-hydrogen) atoms. The largest absolute Gasteiger partial charge is 0.381 e. The highest BCUT2D eigenvalue weighted by atomic mass is 15.0. The minimum absolute atomic E-state index is 0.494. The fourth-order valence-electron chi connectivity index (χ4n) is 2.77. The number of hydrogen-bond donors (Lipinski definition) is 2. The predicted molar refractivity (Wildman–Crippen MR) is 84.3 cm³/mol. The van der Waals surface area contributed by atoms with Crippen LogP contribution >= 0.6 is 0 Å². The van der Waals surface area contributed by atoms with E-state index in [1.807, 2.05) is 12.3 Å². The monoisotopic (exact) mass is 267 g/mol. The second-order valence-corrected chi connectivity index (χ2v) is 5.37. The van der Waals surface area contributed by atoms with Crippen LogP contribution in [-0.2, 0) is 12.8 Å². The van der Waals surface area contributed by atoms with Gasteiger partial charge in [0, 0.05) is 30.5 Å². The molecule has 3 rings (SSSR count). The van der Waals surface area contributed by atoms with E-state index in [-0.39, 0.29) is 0 Å². The molecule has 0 aliphatic heterocycles. The number of hydrogen-bond acceptors (Lipinski definition) is 3. The number of fused-ring (bicyclic) bond motifs is 1. The van der Waals surface area contributed by atoms with Crippen LogP contribution in [0.25, 0.3) is 0 Å². The molecule has 1 aliphatic carbocycles. The van der Waals surface area contributed by atoms with Gasteiger partial charge in [0.2, 0.25) is 0 Å². The molecule has 0 unspecified atom stereocenters. The average Bonchev–Trinajstić information content (AvgIpc) is 2.87. The van der Waals surface area contributed by atoms with E-state index in [9.17, 15) is 0 Å². The Morgan fingerprint density at radius 3 is 2.60 bits per heavy atom. The van der Waals surface area contributed by atoms with Crippen LogP contribution in [0.5, 0.6) is 0 Å². The van der Waals surface area contributed by atoms with Gasteiger partial charge in [-0.1, -0.05) is 31.2 Å². The maximum absolute atomic E-state index is 4.34. The van der Waals surface area contributed by atoms with Crippen LogP contribution in [0.2, 0.25) is 0 Å². The van der Waals surface area contributed by atoms with Gasteiger partial charge in [-0.3, -0.25) is 0 Å². The van der Waals surface area contributed by atoms with Crippen LogP contribution in [0.3, 0.4) is 0 Å². The van der Waals surface area contributed by atoms with Gasteiger partial charge in [0.25, 0.3) is 0 Å². The van der Waals surface area contributed by atoms with Crippen molar-refractivity contribution in [3.05, 3.63) is 53.7 Å². The first-order valence-electron chi connectivity index (χ1n) is 7.38. The van der Waals surface area contributed by atoms with Crippen molar-refractivity contribution >= 4 is 11.5 Å². The number of anilines is 2. The summed E-state index contributed by atoms with van der Waals surface area (Å²) in [5, 5.41) is 6.95. The number of pyridine rings is 1. The van der Waals surface area contributed by atoms with Crippen LogP contribution in [-0.4, -0.2) is 17.6 Å². The Morgan fingerprint density at radius 1 is 1.15 bits per heavy atom. The summed E-state index contributed by atoms with van der Waals surface area (Å²) in [5.74, 6) is 0.951. The van der Waals surface area contributed by atoms with Gasteiger partial charge in [0.05, 0.1) is 0 Å². The molecule has 2 aromatic rings. The van der Waals surface area contributed by atoms with Gasteiger partial charge in [-0.05, 0) is 36.5 Å². The van der Waals surface area contributed by atoms with Gasteiger partial charge in [-0.25, -0.2) is 4.98 Å². The summed E-state index contributed by atoms with van der Waals surface area (Å²) in [6.45, 7) is 3.12. The van der Waals surface area contributed by atoms with Crippen LogP contribution in [0.1, 0.15) is 24.5 Å². The van der Waals surface area contributed by atoms with Crippen molar-refractivity contribution in [1.82, 2.24) is 4.98 Å². The van der Waals surface area contributed by atoms with Gasteiger partial charge >= 0.3 is 0 Å². The highest BCUT2D eigenvalue weighted by molar-refractivity contribution is 5.53. The normalized spacial score (nSPS) is 14.1. The summed E-state index contributed by atoms with van der Waals surface area (Å²) in [4.78, 5) is 4.34. The summed E-state index contributed by atoms with van der Waals surface area (Å²) in [6, 6.07) is 13.4. The lowest BCUT2D eigenvalue weighted by atomic mass is 10.1. The number of nitrogens with zero attached hydrogens (tertiary/aromatic N) is 1. The van der Waals surface area contributed by atoms with Crippen molar-refractivity contribution in [2.75, 3.05) is 17.2 Å². The van der Waals surface area contributed by atoms with Gasteiger partial charge in [0.1, 0.15) is 5.82 Å². The smallest absolute Gasteiger partial charge is 0.127 e. The molecule has 0 atom stereocenters. The Labute approximate surface area is 120 Å². The minimum atomic E-state index is 0.494. The van der Waals surface area contributed by atoms with Gasteiger partial charge < -0.3 is 10.6 Å². The van der Waals surface area contributed by atoms with Gasteiger partial charge in [0.15, 0.2) is 0 Å². The highest BCUT2D eigenvalue weighted by Crippen LogP contribution is 2.24. The molecule has 3 heteroatoms. The van der Waals surface area contributed by atoms with E-state index >= 15 is 0 Å². The molecule has 0 fully saturated rings. The number of nitrogens with one attached hydrogen (secondary N) is 2. The minimum Gasteiger partial charge on any atom is -0.381 e. The summed E-state index contributed by atoms with van der Waals surface area (Å²) in [5.41, 5.74) is 4.10. The van der Waals surface area contributed by atoms with E-state index in [0.717, 1.165) is 37.3 Å². The van der Waals surface area contributed by atoms with Crippen molar-refractivity contribution in [2.24, 2.45) is 0 Å². The number of benzene rings is 1. The van der Waals surface area contributed by atoms with Gasteiger partial charge in [-0.2, -0.15) is 0 Å². The maximum atomic E-state index is 4.34. The standard InChI is InChI=1S/C17H21N3/c1-2-8-18-17-12-15(7-9-19-17)20-16-10-13-5-3-4-6-14(13)11-16/h3-7,9,12,16H,2,8,10-11H2,1H3,(H2,18,19,20). The number of aromatic nitrogens is 1. The lowest BCUT2D eigenvalue weighted by Crippen LogP contribution is -2.19. The fourth-order valence-corrected chi connectivity index (χ4v) is 2.77. The van der Waals surface area contributed by atoms with E-state index in [4.69, 9.17) is 0 Å². The van der Waals surface area contributed by atoms with Crippen molar-refractivity contribution in [1.29, 1.82) is 0 Å². The summed E-state index contributed by atoms with van der Waals surface area (Å²) >= 11 is 0. The van der Waals surface area contributed by atoms with Crippen LogP contribution in [0, 0.1) is 0 Å². The summed E-state index contributed by atoms with van der Waals surface area (Å²) < 4.78 is 0. The second kappa shape index (κ2) is 5.95. The Balaban J connectivity index is 1.64. The molecule has 0 radical (unpaired) electrons. The maximum Gasteiger partial charge on any atom is 0.127 e. The zero-order chi connectivity index (χ0) is 13.8. The SMILES string of the molecule is CCCNc1cc(NC2Cc3ccccc3C2)ccn1. The first-order valence-corrected chi connectivity index (χ1v) is 7.38. The molecule has 1 aromatic heterocycles. The topological polar surface area (TPSA) is 37.0 Å². The number of rotatable bonds is 5. The Morgan fingerprint density at radius 2 is 1.90 bits per heavy atom. The molecule has 104 valence electrons. The van der Waals surface area contributed by atoms with E-state index in [0.29, 0.717) is 6.04 Å². The molecule has 0 saturated carbocycles. The van der Waals surface area contributed by atoms with E-state index < -0.39 is 0 Å². The highest BCUT2D eigenvalue weighted by Gasteiger charge is 2.20. The van der Waals surface area contributed by atoms with Crippen molar-refractivity contribution < 1.29 is 0 Å². The second-order valence-electron chi connectivity index (χ2n) is 5.37. The van der Waals surface area contributed by atoms with Crippen LogP contribution < -0.4 is 10.6 Å². The first-order chi connectivity index (χ1) is 9.85. The first kappa shape index (κ1) is 13.0. The molecule has 0 saturated heterocycles. The van der Waals surface area contributed by atoms with Crippen LogP contribution in [0.4, 0.5) is 11.5 Å². The molecule has 1 aromatic carbocycles. The average molecular weight is 267 g/mol. The molecule has 0 amide bonds. The zero-order valence-electron chi connectivity index (χ0n) is 11.9. The summed E-state index contributed by atoms with van der Waals surface area (Å²) in [7, 11) is 0. The van der Waals surface area contributed by atoms with Crippen LogP contribution in [0.15, 0.2) is 42.6 Å². The van der Waals surface area contributed by atoms with Crippen molar-refractivity contribution in [3.8, 4) is 0 Å². The third kappa shape index (κ3) is 2.93. The molecule has 0 spiro atoms. The van der Waals surface area contributed by atoms with Crippen molar-refractivity contribution in [2.45, 2.75) is 32.2 Å². The zero-order valence-corrected chi connectivity index (χ0v) is 11.9. The molecule has 3 nitrogen and oxygen atoms in total. The van der Waals surface area contributed by atoms with E-state index in [1.165, 1.54) is 11.1 Å². The van der Waals surface area contributed by atoms with E-state index in [2.05, 4.69) is 52.9 Å². The van der Waals surface area contributed by atoms with E-state index in [1.54, 1.807) is 0 Å². The summed E-state index contributed by atoms with van der Waals surface area (Å²) in [6.07, 6.45) is 5.19. The predicted octanol–water partition coefficient (Wildman–Crippen LogP) is 3.48. The Hall–Kier alpha value is -2.03.